The van der Waals surface area contributed by atoms with E-state index in [0.717, 1.165) is 50.2 Å². The van der Waals surface area contributed by atoms with Gasteiger partial charge in [-0.15, -0.1) is 0 Å². The van der Waals surface area contributed by atoms with E-state index >= 15 is 0 Å². The first-order valence-corrected chi connectivity index (χ1v) is 10.3. The number of nitrogens with zero attached hydrogens (tertiary/aromatic N) is 2. The van der Waals surface area contributed by atoms with E-state index in [1.165, 1.54) is 10.9 Å². The van der Waals surface area contributed by atoms with Crippen LogP contribution in [-0.4, -0.2) is 36.5 Å². The Kier molecular flexibility index (Phi) is 5.77. The van der Waals surface area contributed by atoms with E-state index in [-0.39, 0.29) is 5.91 Å². The highest BCUT2D eigenvalue weighted by atomic mass is 16.3. The topological polar surface area (TPSA) is 36.7 Å². The molecule has 1 aliphatic heterocycles. The summed E-state index contributed by atoms with van der Waals surface area (Å²) >= 11 is 0. The summed E-state index contributed by atoms with van der Waals surface area (Å²) in [6.07, 6.45) is 5.39. The molecular weight excluding hydrogens is 348 g/mol. The number of furan rings is 1. The van der Waals surface area contributed by atoms with Crippen molar-refractivity contribution in [1.29, 1.82) is 0 Å². The molecule has 1 aromatic heterocycles. The summed E-state index contributed by atoms with van der Waals surface area (Å²) in [6.45, 7) is 5.09. The number of hydrogen-bond donors (Lipinski definition) is 0. The lowest BCUT2D eigenvalue weighted by molar-refractivity contribution is -0.119. The smallest absolute Gasteiger partial charge is 0.226 e. The largest absolute Gasteiger partial charge is 0.464 e. The Morgan fingerprint density at radius 2 is 1.89 bits per heavy atom. The first-order chi connectivity index (χ1) is 13.7. The Morgan fingerprint density at radius 3 is 2.64 bits per heavy atom. The second-order valence-corrected chi connectivity index (χ2v) is 7.57. The summed E-state index contributed by atoms with van der Waals surface area (Å²) in [4.78, 5) is 17.1. The predicted molar refractivity (Wildman–Crippen MR) is 114 cm³/mol. The first-order valence-electron chi connectivity index (χ1n) is 10.3. The van der Waals surface area contributed by atoms with Gasteiger partial charge in [-0.1, -0.05) is 31.2 Å². The van der Waals surface area contributed by atoms with Gasteiger partial charge in [0, 0.05) is 43.2 Å². The number of para-hydroxylation sites is 1. The van der Waals surface area contributed by atoms with Crippen molar-refractivity contribution in [2.24, 2.45) is 0 Å². The average molecular weight is 377 g/mol. The molecule has 3 aromatic rings. The molecule has 0 spiro atoms. The molecule has 4 rings (SSSR count). The number of carbonyl (C=O) groups is 1. The van der Waals surface area contributed by atoms with Crippen LogP contribution in [0.5, 0.6) is 0 Å². The van der Waals surface area contributed by atoms with Crippen molar-refractivity contribution in [1.82, 2.24) is 4.90 Å². The van der Waals surface area contributed by atoms with E-state index in [0.29, 0.717) is 12.5 Å². The summed E-state index contributed by atoms with van der Waals surface area (Å²) in [5, 5.41) is 1.17. The van der Waals surface area contributed by atoms with Crippen molar-refractivity contribution in [3.05, 3.63) is 66.4 Å². The van der Waals surface area contributed by atoms with E-state index < -0.39 is 0 Å². The van der Waals surface area contributed by atoms with Crippen LogP contribution in [0, 0.1) is 0 Å². The first kappa shape index (κ1) is 18.8. The molecular formula is C24H28N2O2. The van der Waals surface area contributed by atoms with Gasteiger partial charge >= 0.3 is 0 Å². The monoisotopic (exact) mass is 376 g/mol. The molecule has 2 aromatic carbocycles. The van der Waals surface area contributed by atoms with Crippen molar-refractivity contribution in [3.8, 4) is 0 Å². The molecule has 0 radical (unpaired) electrons. The van der Waals surface area contributed by atoms with Crippen LogP contribution < -0.4 is 4.90 Å². The van der Waals surface area contributed by atoms with Gasteiger partial charge in [0.1, 0.15) is 5.58 Å². The molecule has 4 heteroatoms. The Hall–Kier alpha value is -2.59. The molecule has 2 heterocycles. The highest BCUT2D eigenvalue weighted by Crippen LogP contribution is 2.25. The minimum atomic E-state index is 0.220. The van der Waals surface area contributed by atoms with Crippen LogP contribution in [0.2, 0.25) is 0 Å². The van der Waals surface area contributed by atoms with Gasteiger partial charge in [-0.25, -0.2) is 0 Å². The third-order valence-electron chi connectivity index (χ3n) is 5.76. The van der Waals surface area contributed by atoms with Gasteiger partial charge in [0.2, 0.25) is 5.91 Å². The molecule has 1 amide bonds. The molecule has 4 nitrogen and oxygen atoms in total. The number of benzene rings is 2. The van der Waals surface area contributed by atoms with Crippen LogP contribution in [0.4, 0.5) is 5.69 Å². The van der Waals surface area contributed by atoms with Crippen molar-refractivity contribution in [3.63, 3.8) is 0 Å². The van der Waals surface area contributed by atoms with E-state index in [9.17, 15) is 4.79 Å². The van der Waals surface area contributed by atoms with E-state index in [4.69, 9.17) is 4.42 Å². The average Bonchev–Trinajstić information content (AvgIpc) is 3.22. The normalized spacial score (nSPS) is 15.8. The maximum atomic E-state index is 12.6. The van der Waals surface area contributed by atoms with Crippen LogP contribution in [0.25, 0.3) is 11.0 Å². The summed E-state index contributed by atoms with van der Waals surface area (Å²) in [6, 6.07) is 18.9. The molecule has 0 aliphatic carbocycles. The van der Waals surface area contributed by atoms with Crippen LogP contribution >= 0.6 is 0 Å². The lowest BCUT2D eigenvalue weighted by Crippen LogP contribution is -2.47. The van der Waals surface area contributed by atoms with Crippen LogP contribution in [0.1, 0.15) is 31.7 Å². The molecule has 0 bridgehead atoms. The number of anilines is 1. The second-order valence-electron chi connectivity index (χ2n) is 7.57. The minimum absolute atomic E-state index is 0.220. The van der Waals surface area contributed by atoms with Crippen LogP contribution in [0.3, 0.4) is 0 Å². The molecule has 0 N–H and O–H groups in total. The van der Waals surface area contributed by atoms with Crippen LogP contribution in [0.15, 0.2) is 65.3 Å². The number of carbonyl (C=O) groups excluding carboxylic acids is 1. The van der Waals surface area contributed by atoms with Crippen molar-refractivity contribution >= 4 is 22.6 Å². The van der Waals surface area contributed by atoms with Crippen LogP contribution in [-0.2, 0) is 11.2 Å². The summed E-state index contributed by atoms with van der Waals surface area (Å²) in [5.41, 5.74) is 3.33. The predicted octanol–water partition coefficient (Wildman–Crippen LogP) is 4.88. The van der Waals surface area contributed by atoms with Gasteiger partial charge in [0.25, 0.3) is 0 Å². The zero-order chi connectivity index (χ0) is 19.3. The Labute approximate surface area is 166 Å². The molecule has 0 atom stereocenters. The molecule has 1 saturated heterocycles. The van der Waals surface area contributed by atoms with E-state index in [1.807, 2.05) is 48.2 Å². The SMILES string of the molecule is CCC(=O)N(c1ccccc1)C1CCN(CCc2ccc3occc3c2)CC1. The fourth-order valence-corrected chi connectivity index (χ4v) is 4.18. The number of hydrogen-bond acceptors (Lipinski definition) is 3. The van der Waals surface area contributed by atoms with Gasteiger partial charge < -0.3 is 14.2 Å². The van der Waals surface area contributed by atoms with Gasteiger partial charge in [0.05, 0.1) is 6.26 Å². The van der Waals surface area contributed by atoms with Gasteiger partial charge in [-0.3, -0.25) is 4.79 Å². The number of fused-ring (bicyclic) bond motifs is 1. The molecule has 146 valence electrons. The van der Waals surface area contributed by atoms with Crippen molar-refractivity contribution in [2.75, 3.05) is 24.5 Å². The van der Waals surface area contributed by atoms with E-state index in [1.54, 1.807) is 6.26 Å². The maximum absolute atomic E-state index is 12.6. The maximum Gasteiger partial charge on any atom is 0.226 e. The number of rotatable bonds is 6. The Morgan fingerprint density at radius 1 is 1.11 bits per heavy atom. The molecule has 28 heavy (non-hydrogen) atoms. The summed E-state index contributed by atoms with van der Waals surface area (Å²) in [5.74, 6) is 0.220. The van der Waals surface area contributed by atoms with E-state index in [2.05, 4.69) is 23.1 Å². The zero-order valence-corrected chi connectivity index (χ0v) is 16.5. The Balaban J connectivity index is 1.34. The number of amides is 1. The standard InChI is InChI=1S/C24H28N2O2/c1-2-24(27)26(21-6-4-3-5-7-21)22-11-15-25(16-12-22)14-10-19-8-9-23-20(18-19)13-17-28-23/h3-9,13,17-18,22H,2,10-12,14-16H2,1H3. The highest BCUT2D eigenvalue weighted by molar-refractivity contribution is 5.93. The fraction of sp³-hybridized carbons (Fsp3) is 0.375. The third kappa shape index (κ3) is 4.12. The second kappa shape index (κ2) is 8.61. The fourth-order valence-electron chi connectivity index (χ4n) is 4.18. The number of likely N-dealkylation sites (tertiary alicyclic amines) is 1. The highest BCUT2D eigenvalue weighted by Gasteiger charge is 2.28. The molecule has 0 unspecified atom stereocenters. The van der Waals surface area contributed by atoms with Gasteiger partial charge in [0.15, 0.2) is 0 Å². The molecule has 0 saturated carbocycles. The quantitative estimate of drug-likeness (QED) is 0.615. The minimum Gasteiger partial charge on any atom is -0.464 e. The number of piperidine rings is 1. The summed E-state index contributed by atoms with van der Waals surface area (Å²) < 4.78 is 5.42. The molecule has 1 aliphatic rings. The Bertz CT molecular complexity index is 911. The van der Waals surface area contributed by atoms with Crippen molar-refractivity contribution in [2.45, 2.75) is 38.6 Å². The lowest BCUT2D eigenvalue weighted by atomic mass is 10.0. The van der Waals surface area contributed by atoms with Crippen molar-refractivity contribution < 1.29 is 9.21 Å². The molecule has 1 fully saturated rings. The van der Waals surface area contributed by atoms with Gasteiger partial charge in [-0.05, 0) is 55.2 Å². The summed E-state index contributed by atoms with van der Waals surface area (Å²) in [7, 11) is 0. The third-order valence-corrected chi connectivity index (χ3v) is 5.76. The van der Waals surface area contributed by atoms with Gasteiger partial charge in [-0.2, -0.15) is 0 Å². The zero-order valence-electron chi connectivity index (χ0n) is 16.5. The lowest BCUT2D eigenvalue weighted by Gasteiger charge is -2.38.